The minimum atomic E-state index is -0.670. The third kappa shape index (κ3) is 6.45. The lowest BCUT2D eigenvalue weighted by Gasteiger charge is -2.11. The number of amides is 2. The van der Waals surface area contributed by atoms with E-state index in [-0.39, 0.29) is 36.8 Å². The van der Waals surface area contributed by atoms with Crippen LogP contribution in [0.1, 0.15) is 6.92 Å². The van der Waals surface area contributed by atoms with Crippen molar-refractivity contribution in [2.75, 3.05) is 29.1 Å². The van der Waals surface area contributed by atoms with Gasteiger partial charge in [0.1, 0.15) is 17.9 Å². The fraction of sp³-hybridized carbons (Fsp3) is 0.130. The molecule has 0 unspecified atom stereocenters. The van der Waals surface area contributed by atoms with E-state index in [0.717, 1.165) is 6.07 Å². The summed E-state index contributed by atoms with van der Waals surface area (Å²) < 4.78 is 15.8. The first-order valence-corrected chi connectivity index (χ1v) is 11.0. The average molecular weight is 511 g/mol. The monoisotopic (exact) mass is 510 g/mol. The van der Waals surface area contributed by atoms with E-state index in [1.54, 1.807) is 55.5 Å². The van der Waals surface area contributed by atoms with Crippen molar-refractivity contribution in [1.29, 1.82) is 0 Å². The van der Waals surface area contributed by atoms with Crippen molar-refractivity contribution in [3.63, 3.8) is 0 Å². The molecule has 2 aromatic carbocycles. The number of aromatic nitrogens is 3. The summed E-state index contributed by atoms with van der Waals surface area (Å²) in [5, 5.41) is 8.68. The Morgan fingerprint density at radius 1 is 1.00 bits per heavy atom. The Kier molecular flexibility index (Phi) is 7.56. The number of fused-ring (bicyclic) bond motifs is 1. The number of nitrogens with zero attached hydrogens (tertiary/aromatic N) is 3. The van der Waals surface area contributed by atoms with Crippen LogP contribution < -0.4 is 26.3 Å². The highest BCUT2D eigenvalue weighted by atomic mass is 35.5. The number of carbonyl (C=O) groups is 2. The molecule has 2 heterocycles. The number of hydrogen-bond acceptors (Lipinski definition) is 10. The SMILES string of the molecule is CCOC(=O)CNc1nc(NC(=O)Nc2cccc(Cl)c2)nc(Oc2cc(=O)oc3ccccc23)n1. The second kappa shape index (κ2) is 11.1. The molecule has 36 heavy (non-hydrogen) atoms. The van der Waals surface area contributed by atoms with Crippen LogP contribution in [-0.2, 0) is 9.53 Å². The Morgan fingerprint density at radius 3 is 2.61 bits per heavy atom. The molecule has 4 aromatic rings. The number of ether oxygens (including phenoxy) is 2. The summed E-state index contributed by atoms with van der Waals surface area (Å²) in [5.41, 5.74) is 0.0975. The molecule has 12 nitrogen and oxygen atoms in total. The molecular weight excluding hydrogens is 492 g/mol. The quantitative estimate of drug-likeness (QED) is 0.233. The highest BCUT2D eigenvalue weighted by Crippen LogP contribution is 2.27. The van der Waals surface area contributed by atoms with Crippen LogP contribution in [0.15, 0.2) is 63.8 Å². The highest BCUT2D eigenvalue weighted by Gasteiger charge is 2.15. The molecular formula is C23H19ClN6O6. The summed E-state index contributed by atoms with van der Waals surface area (Å²) in [4.78, 5) is 48.5. The number of hydrogen-bond donors (Lipinski definition) is 3. The Hall–Kier alpha value is -4.71. The first kappa shape index (κ1) is 24.4. The van der Waals surface area contributed by atoms with E-state index in [0.29, 0.717) is 21.7 Å². The zero-order valence-corrected chi connectivity index (χ0v) is 19.5. The van der Waals surface area contributed by atoms with Crippen LogP contribution in [-0.4, -0.2) is 40.1 Å². The number of halogens is 1. The van der Waals surface area contributed by atoms with Crippen LogP contribution in [0.4, 0.5) is 22.4 Å². The first-order chi connectivity index (χ1) is 17.4. The van der Waals surface area contributed by atoms with Crippen LogP contribution in [0.5, 0.6) is 11.8 Å². The van der Waals surface area contributed by atoms with Crippen molar-refractivity contribution < 1.29 is 23.5 Å². The minimum absolute atomic E-state index is 0.0848. The molecule has 0 bridgehead atoms. The number of nitrogens with one attached hydrogen (secondary N) is 3. The Labute approximate surface area is 208 Å². The molecule has 0 atom stereocenters. The lowest BCUT2D eigenvalue weighted by atomic mass is 10.2. The smallest absolute Gasteiger partial charge is 0.339 e. The summed E-state index contributed by atoms with van der Waals surface area (Å²) >= 11 is 5.95. The van der Waals surface area contributed by atoms with Crippen molar-refractivity contribution in [2.24, 2.45) is 0 Å². The fourth-order valence-electron chi connectivity index (χ4n) is 3.00. The van der Waals surface area contributed by atoms with Gasteiger partial charge in [0.25, 0.3) is 0 Å². The van der Waals surface area contributed by atoms with E-state index in [4.69, 9.17) is 25.5 Å². The molecule has 2 amide bonds. The van der Waals surface area contributed by atoms with Crippen molar-refractivity contribution in [3.05, 3.63) is 70.0 Å². The molecule has 0 aliphatic rings. The van der Waals surface area contributed by atoms with Gasteiger partial charge in [-0.05, 0) is 37.3 Å². The predicted octanol–water partition coefficient (Wildman–Crippen LogP) is 4.04. The molecule has 0 saturated carbocycles. The lowest BCUT2D eigenvalue weighted by Crippen LogP contribution is -2.22. The Morgan fingerprint density at radius 2 is 1.81 bits per heavy atom. The number of anilines is 3. The predicted molar refractivity (Wildman–Crippen MR) is 132 cm³/mol. The van der Waals surface area contributed by atoms with Crippen molar-refractivity contribution in [3.8, 4) is 11.8 Å². The van der Waals surface area contributed by atoms with Gasteiger partial charge in [-0.1, -0.05) is 29.8 Å². The van der Waals surface area contributed by atoms with Crippen molar-refractivity contribution in [1.82, 2.24) is 15.0 Å². The van der Waals surface area contributed by atoms with Crippen LogP contribution in [0.3, 0.4) is 0 Å². The number of para-hydroxylation sites is 1. The van der Waals surface area contributed by atoms with Crippen LogP contribution >= 0.6 is 11.6 Å². The van der Waals surface area contributed by atoms with E-state index < -0.39 is 17.6 Å². The third-order valence-corrected chi connectivity index (χ3v) is 4.67. The Balaban J connectivity index is 1.61. The fourth-order valence-corrected chi connectivity index (χ4v) is 3.19. The molecule has 3 N–H and O–H groups in total. The first-order valence-electron chi connectivity index (χ1n) is 10.6. The van der Waals surface area contributed by atoms with Gasteiger partial charge in [0.05, 0.1) is 18.1 Å². The van der Waals surface area contributed by atoms with Gasteiger partial charge < -0.3 is 24.5 Å². The highest BCUT2D eigenvalue weighted by molar-refractivity contribution is 6.30. The summed E-state index contributed by atoms with van der Waals surface area (Å²) in [6.07, 6.45) is 0. The molecule has 0 aliphatic heterocycles. The van der Waals surface area contributed by atoms with Gasteiger partial charge in [0.2, 0.25) is 11.9 Å². The van der Waals surface area contributed by atoms with E-state index in [1.165, 1.54) is 0 Å². The zero-order chi connectivity index (χ0) is 25.5. The molecule has 0 aliphatic carbocycles. The van der Waals surface area contributed by atoms with Gasteiger partial charge >= 0.3 is 23.6 Å². The minimum Gasteiger partial charge on any atom is -0.465 e. The van der Waals surface area contributed by atoms with Gasteiger partial charge in [-0.15, -0.1) is 0 Å². The van der Waals surface area contributed by atoms with Crippen LogP contribution in [0.25, 0.3) is 11.0 Å². The topological polar surface area (TPSA) is 158 Å². The number of carbonyl (C=O) groups excluding carboxylic acids is 2. The maximum atomic E-state index is 12.5. The zero-order valence-electron chi connectivity index (χ0n) is 18.8. The van der Waals surface area contributed by atoms with Crippen molar-refractivity contribution >= 4 is 52.2 Å². The summed E-state index contributed by atoms with van der Waals surface area (Å²) in [5.74, 6) is -0.699. The molecule has 0 radical (unpaired) electrons. The molecule has 0 saturated heterocycles. The second-order valence-corrected chi connectivity index (χ2v) is 7.48. The van der Waals surface area contributed by atoms with E-state index in [1.807, 2.05) is 0 Å². The van der Waals surface area contributed by atoms with Gasteiger partial charge in [-0.2, -0.15) is 15.0 Å². The largest absolute Gasteiger partial charge is 0.465 e. The molecule has 4 rings (SSSR count). The summed E-state index contributed by atoms with van der Waals surface area (Å²) in [6, 6.07) is 13.5. The number of rotatable bonds is 8. The van der Waals surface area contributed by atoms with E-state index in [9.17, 15) is 14.4 Å². The third-order valence-electron chi connectivity index (χ3n) is 4.43. The molecule has 2 aromatic heterocycles. The average Bonchev–Trinajstić information content (AvgIpc) is 2.83. The molecule has 0 spiro atoms. The van der Waals surface area contributed by atoms with E-state index >= 15 is 0 Å². The van der Waals surface area contributed by atoms with Crippen LogP contribution in [0, 0.1) is 0 Å². The molecule has 184 valence electrons. The number of benzene rings is 2. The van der Waals surface area contributed by atoms with Crippen molar-refractivity contribution in [2.45, 2.75) is 6.92 Å². The number of urea groups is 1. The molecule has 0 fully saturated rings. The van der Waals surface area contributed by atoms with Gasteiger partial charge in [0, 0.05) is 10.7 Å². The molecule has 13 heteroatoms. The number of esters is 1. The lowest BCUT2D eigenvalue weighted by molar-refractivity contribution is -0.140. The summed E-state index contributed by atoms with van der Waals surface area (Å²) in [7, 11) is 0. The normalized spacial score (nSPS) is 10.5. The van der Waals surface area contributed by atoms with Gasteiger partial charge in [-0.25, -0.2) is 9.59 Å². The van der Waals surface area contributed by atoms with E-state index in [2.05, 4.69) is 30.9 Å². The Bertz CT molecular complexity index is 1480. The maximum absolute atomic E-state index is 12.5. The van der Waals surface area contributed by atoms with Gasteiger partial charge in [-0.3, -0.25) is 10.1 Å². The van der Waals surface area contributed by atoms with Gasteiger partial charge in [0.15, 0.2) is 0 Å². The second-order valence-electron chi connectivity index (χ2n) is 7.04. The van der Waals surface area contributed by atoms with Crippen LogP contribution in [0.2, 0.25) is 5.02 Å². The standard InChI is InChI=1S/C23H19ClN6O6/c1-2-34-19(32)12-25-20-27-21(28-22(33)26-14-7-5-6-13(24)10-14)30-23(29-20)36-17-11-18(31)35-16-9-4-3-8-15(16)17/h3-11H,2,12H2,1H3,(H3,25,26,27,28,29,30,33). The maximum Gasteiger partial charge on any atom is 0.339 e. The summed E-state index contributed by atoms with van der Waals surface area (Å²) in [6.45, 7) is 1.63.